The molecule has 106 valence electrons. The number of carbonyl (C=O) groups excluding carboxylic acids is 1. The van der Waals surface area contributed by atoms with Gasteiger partial charge in [0.25, 0.3) is 0 Å². The fourth-order valence-electron chi connectivity index (χ4n) is 1.98. The molecule has 2 rings (SSSR count). The molecular weight excluding hydrogens is 259 g/mol. The summed E-state index contributed by atoms with van der Waals surface area (Å²) >= 11 is 0. The number of hydrogen-bond acceptors (Lipinski definition) is 3. The Morgan fingerprint density at radius 2 is 2.15 bits per heavy atom. The topological polar surface area (TPSA) is 57.2 Å². The minimum atomic E-state index is -0.466. The third-order valence-corrected chi connectivity index (χ3v) is 3.14. The number of nitrogen functional groups attached to an aromatic ring is 1. The fourth-order valence-corrected chi connectivity index (χ4v) is 1.98. The molecule has 0 amide bonds. The molecule has 0 bridgehead atoms. The summed E-state index contributed by atoms with van der Waals surface area (Å²) in [6, 6.07) is 5.98. The van der Waals surface area contributed by atoms with E-state index < -0.39 is 5.97 Å². The first-order chi connectivity index (χ1) is 9.51. The van der Waals surface area contributed by atoms with Gasteiger partial charge in [0.15, 0.2) is 0 Å². The van der Waals surface area contributed by atoms with Gasteiger partial charge in [0.2, 0.25) is 0 Å². The van der Waals surface area contributed by atoms with Gasteiger partial charge in [0.05, 0.1) is 5.69 Å². The van der Waals surface area contributed by atoms with Crippen LogP contribution >= 0.6 is 0 Å². The van der Waals surface area contributed by atoms with Gasteiger partial charge in [-0.1, -0.05) is 6.07 Å². The average molecular weight is 276 g/mol. The number of nitrogens with zero attached hydrogens (tertiary/aromatic N) is 1. The second-order valence-electron chi connectivity index (χ2n) is 4.59. The third kappa shape index (κ3) is 2.99. The number of nitrogens with two attached hydrogens (primary N) is 1. The molecule has 0 aliphatic heterocycles. The first-order valence-electron chi connectivity index (χ1n) is 6.39. The van der Waals surface area contributed by atoms with E-state index in [1.54, 1.807) is 22.9 Å². The monoisotopic (exact) mass is 276 g/mol. The number of aryl methyl sites for hydroxylation is 2. The molecule has 4 nitrogen and oxygen atoms in total. The number of ether oxygens (including phenoxy) is 1. The van der Waals surface area contributed by atoms with Crippen molar-refractivity contribution < 1.29 is 13.9 Å². The summed E-state index contributed by atoms with van der Waals surface area (Å²) < 4.78 is 20.1. The number of aromatic nitrogens is 1. The van der Waals surface area contributed by atoms with E-state index >= 15 is 0 Å². The molecule has 0 saturated carbocycles. The van der Waals surface area contributed by atoms with Crippen LogP contribution in [-0.2, 0) is 17.9 Å². The first-order valence-corrected chi connectivity index (χ1v) is 6.39. The van der Waals surface area contributed by atoms with Crippen molar-refractivity contribution in [3.63, 3.8) is 0 Å². The molecule has 0 spiro atoms. The van der Waals surface area contributed by atoms with Crippen LogP contribution in [0.2, 0.25) is 0 Å². The number of hydrogen-bond donors (Lipinski definition) is 1. The van der Waals surface area contributed by atoms with Gasteiger partial charge < -0.3 is 15.0 Å². The van der Waals surface area contributed by atoms with Crippen molar-refractivity contribution in [2.24, 2.45) is 0 Å². The lowest BCUT2D eigenvalue weighted by atomic mass is 10.1. The Balaban J connectivity index is 2.10. The Labute approximate surface area is 117 Å². The summed E-state index contributed by atoms with van der Waals surface area (Å²) in [5.74, 6) is -0.810. The zero-order valence-electron chi connectivity index (χ0n) is 11.5. The molecule has 0 atom stereocenters. The molecule has 0 aliphatic carbocycles. The summed E-state index contributed by atoms with van der Waals surface area (Å²) in [6.07, 6.45) is 1.68. The molecule has 1 aromatic carbocycles. The van der Waals surface area contributed by atoms with Gasteiger partial charge in [0.1, 0.15) is 18.1 Å². The SMILES string of the molecule is CCn1cc(N)cc1C(=O)OCc1cc(F)ccc1C. The van der Waals surface area contributed by atoms with Crippen LogP contribution in [0.15, 0.2) is 30.5 Å². The molecule has 0 radical (unpaired) electrons. The van der Waals surface area contributed by atoms with Gasteiger partial charge in [-0.15, -0.1) is 0 Å². The van der Waals surface area contributed by atoms with Gasteiger partial charge in [0, 0.05) is 12.7 Å². The van der Waals surface area contributed by atoms with Crippen LogP contribution in [0, 0.1) is 12.7 Å². The molecule has 0 unspecified atom stereocenters. The van der Waals surface area contributed by atoms with Gasteiger partial charge in [-0.3, -0.25) is 0 Å². The summed E-state index contributed by atoms with van der Waals surface area (Å²) in [5.41, 5.74) is 8.12. The van der Waals surface area contributed by atoms with Gasteiger partial charge in [-0.05, 0) is 43.2 Å². The minimum Gasteiger partial charge on any atom is -0.456 e. The highest BCUT2D eigenvalue weighted by Crippen LogP contribution is 2.15. The molecule has 0 fully saturated rings. The smallest absolute Gasteiger partial charge is 0.355 e. The summed E-state index contributed by atoms with van der Waals surface area (Å²) in [4.78, 5) is 12.0. The third-order valence-electron chi connectivity index (χ3n) is 3.14. The van der Waals surface area contributed by atoms with Crippen molar-refractivity contribution >= 4 is 11.7 Å². The van der Waals surface area contributed by atoms with Crippen LogP contribution in [0.3, 0.4) is 0 Å². The van der Waals surface area contributed by atoms with Crippen LogP contribution in [-0.4, -0.2) is 10.5 Å². The lowest BCUT2D eigenvalue weighted by Gasteiger charge is -2.09. The zero-order chi connectivity index (χ0) is 14.7. The summed E-state index contributed by atoms with van der Waals surface area (Å²) in [5, 5.41) is 0. The molecule has 2 N–H and O–H groups in total. The Morgan fingerprint density at radius 1 is 1.40 bits per heavy atom. The number of halogens is 1. The maximum atomic E-state index is 13.2. The maximum Gasteiger partial charge on any atom is 0.355 e. The molecule has 1 aromatic heterocycles. The predicted octanol–water partition coefficient (Wildman–Crippen LogP) is 2.89. The largest absolute Gasteiger partial charge is 0.456 e. The Morgan fingerprint density at radius 3 is 2.85 bits per heavy atom. The highest BCUT2D eigenvalue weighted by Gasteiger charge is 2.14. The highest BCUT2D eigenvalue weighted by molar-refractivity contribution is 5.89. The van der Waals surface area contributed by atoms with Gasteiger partial charge in [-0.2, -0.15) is 0 Å². The molecule has 5 heteroatoms. The van der Waals surface area contributed by atoms with Crippen LogP contribution in [0.5, 0.6) is 0 Å². The van der Waals surface area contributed by atoms with E-state index in [9.17, 15) is 9.18 Å². The van der Waals surface area contributed by atoms with Crippen LogP contribution < -0.4 is 5.73 Å². The van der Waals surface area contributed by atoms with Crippen molar-refractivity contribution in [3.05, 3.63) is 53.1 Å². The van der Waals surface area contributed by atoms with Gasteiger partial charge in [-0.25, -0.2) is 9.18 Å². The quantitative estimate of drug-likeness (QED) is 0.873. The number of rotatable bonds is 4. The van der Waals surface area contributed by atoms with Crippen LogP contribution in [0.4, 0.5) is 10.1 Å². The van der Waals surface area contributed by atoms with E-state index in [0.717, 1.165) is 5.56 Å². The lowest BCUT2D eigenvalue weighted by Crippen LogP contribution is -2.11. The molecule has 20 heavy (non-hydrogen) atoms. The molecule has 0 saturated heterocycles. The molecule has 2 aromatic rings. The van der Waals surface area contributed by atoms with E-state index in [2.05, 4.69) is 0 Å². The summed E-state index contributed by atoms with van der Waals surface area (Å²) in [7, 11) is 0. The zero-order valence-corrected chi connectivity index (χ0v) is 11.5. The fraction of sp³-hybridized carbons (Fsp3) is 0.267. The lowest BCUT2D eigenvalue weighted by molar-refractivity contribution is 0.0459. The molecule has 1 heterocycles. The molecule has 0 aliphatic rings. The van der Waals surface area contributed by atoms with Gasteiger partial charge >= 0.3 is 5.97 Å². The highest BCUT2D eigenvalue weighted by atomic mass is 19.1. The van der Waals surface area contributed by atoms with E-state index in [0.29, 0.717) is 23.5 Å². The predicted molar refractivity (Wildman–Crippen MR) is 74.8 cm³/mol. The van der Waals surface area contributed by atoms with Crippen molar-refractivity contribution in [1.82, 2.24) is 4.57 Å². The molecular formula is C15H17FN2O2. The average Bonchev–Trinajstić information content (AvgIpc) is 2.80. The number of anilines is 1. The standard InChI is InChI=1S/C15H17FN2O2/c1-3-18-8-13(17)7-14(18)15(19)20-9-11-6-12(16)5-4-10(11)2/h4-8H,3,9,17H2,1-2H3. The van der Waals surface area contributed by atoms with Crippen LogP contribution in [0.25, 0.3) is 0 Å². The van der Waals surface area contributed by atoms with Crippen molar-refractivity contribution in [3.8, 4) is 0 Å². The van der Waals surface area contributed by atoms with E-state index in [1.165, 1.54) is 12.1 Å². The van der Waals surface area contributed by atoms with Crippen molar-refractivity contribution in [2.75, 3.05) is 5.73 Å². The second kappa shape index (κ2) is 5.77. The Bertz CT molecular complexity index is 635. The van der Waals surface area contributed by atoms with Crippen molar-refractivity contribution in [1.29, 1.82) is 0 Å². The maximum absolute atomic E-state index is 13.2. The van der Waals surface area contributed by atoms with E-state index in [-0.39, 0.29) is 12.4 Å². The van der Waals surface area contributed by atoms with E-state index in [4.69, 9.17) is 10.5 Å². The van der Waals surface area contributed by atoms with Crippen LogP contribution in [0.1, 0.15) is 28.5 Å². The first kappa shape index (κ1) is 14.1. The summed E-state index contributed by atoms with van der Waals surface area (Å²) in [6.45, 7) is 4.42. The Kier molecular flexibility index (Phi) is 4.08. The second-order valence-corrected chi connectivity index (χ2v) is 4.59. The van der Waals surface area contributed by atoms with E-state index in [1.807, 2.05) is 13.8 Å². The Hall–Kier alpha value is -2.30. The number of esters is 1. The number of benzene rings is 1. The number of carbonyl (C=O) groups is 1. The van der Waals surface area contributed by atoms with Crippen molar-refractivity contribution in [2.45, 2.75) is 27.0 Å². The minimum absolute atomic E-state index is 0.0389. The normalized spacial score (nSPS) is 10.6.